The summed E-state index contributed by atoms with van der Waals surface area (Å²) in [6, 6.07) is 8.35. The number of hydroxylamine groups is 1. The maximum atomic E-state index is 12.5. The molecule has 0 saturated heterocycles. The number of imidazole rings is 1. The van der Waals surface area contributed by atoms with Crippen molar-refractivity contribution in [3.05, 3.63) is 54.1 Å². The van der Waals surface area contributed by atoms with Crippen LogP contribution in [0.15, 0.2) is 42.9 Å². The molecule has 1 aromatic heterocycles. The summed E-state index contributed by atoms with van der Waals surface area (Å²) in [5.41, 5.74) is 3.04. The minimum Gasteiger partial charge on any atom is -0.467 e. The molecule has 1 heterocycles. The molecule has 0 saturated carbocycles. The summed E-state index contributed by atoms with van der Waals surface area (Å²) in [6.45, 7) is -0.0403. The van der Waals surface area contributed by atoms with Crippen LogP contribution in [-0.2, 0) is 32.1 Å². The third-order valence-corrected chi connectivity index (χ3v) is 3.90. The molecule has 2 rings (SSSR count). The second-order valence-electron chi connectivity index (χ2n) is 6.07. The fourth-order valence-electron chi connectivity index (χ4n) is 2.64. The first-order valence-electron chi connectivity index (χ1n) is 8.56. The van der Waals surface area contributed by atoms with Crippen LogP contribution in [-0.4, -0.2) is 64.1 Å². The minimum absolute atomic E-state index is 0.156. The van der Waals surface area contributed by atoms with Gasteiger partial charge in [0.1, 0.15) is 6.04 Å². The van der Waals surface area contributed by atoms with E-state index < -0.39 is 23.8 Å². The van der Waals surface area contributed by atoms with E-state index in [1.165, 1.54) is 13.4 Å². The molecule has 2 amide bonds. The Bertz CT molecular complexity index is 766. The topological polar surface area (TPSA) is 137 Å². The maximum absolute atomic E-state index is 12.5. The summed E-state index contributed by atoms with van der Waals surface area (Å²) in [7, 11) is 1.24. The Morgan fingerprint density at radius 3 is 2.54 bits per heavy atom. The lowest BCUT2D eigenvalue weighted by Gasteiger charge is -2.22. The number of nitrogens with one attached hydrogen (secondary N) is 3. The monoisotopic (exact) mass is 389 g/mol. The van der Waals surface area contributed by atoms with E-state index in [1.807, 2.05) is 30.3 Å². The molecular formula is C18H23N5O5. The van der Waals surface area contributed by atoms with Crippen LogP contribution in [0.4, 0.5) is 0 Å². The molecule has 150 valence electrons. The molecule has 0 radical (unpaired) electrons. The number of ether oxygens (including phenoxy) is 1. The highest BCUT2D eigenvalue weighted by Gasteiger charge is 2.24. The highest BCUT2D eigenvalue weighted by Crippen LogP contribution is 2.05. The molecule has 1 atom stereocenters. The van der Waals surface area contributed by atoms with Gasteiger partial charge in [-0.1, -0.05) is 30.3 Å². The zero-order valence-corrected chi connectivity index (χ0v) is 15.4. The fraction of sp³-hybridized carbons (Fsp3) is 0.333. The normalized spacial score (nSPS) is 11.7. The summed E-state index contributed by atoms with van der Waals surface area (Å²) in [6.07, 6.45) is 3.26. The molecular weight excluding hydrogens is 366 g/mol. The van der Waals surface area contributed by atoms with Gasteiger partial charge < -0.3 is 15.0 Å². The Hall–Kier alpha value is -3.24. The number of rotatable bonds is 10. The average Bonchev–Trinajstić information content (AvgIpc) is 3.20. The largest absolute Gasteiger partial charge is 0.467 e. The molecule has 0 aliphatic carbocycles. The van der Waals surface area contributed by atoms with Crippen molar-refractivity contribution in [1.82, 2.24) is 25.7 Å². The molecule has 1 unspecified atom stereocenters. The van der Waals surface area contributed by atoms with Gasteiger partial charge in [0.15, 0.2) is 0 Å². The number of esters is 1. The zero-order chi connectivity index (χ0) is 20.4. The van der Waals surface area contributed by atoms with Crippen molar-refractivity contribution in [2.75, 3.05) is 20.2 Å². The van der Waals surface area contributed by atoms with Crippen molar-refractivity contribution in [3.63, 3.8) is 0 Å². The second-order valence-corrected chi connectivity index (χ2v) is 6.07. The molecule has 0 aliphatic heterocycles. The smallest absolute Gasteiger partial charge is 0.328 e. The van der Waals surface area contributed by atoms with Crippen molar-refractivity contribution < 1.29 is 24.3 Å². The molecule has 0 bridgehead atoms. The van der Waals surface area contributed by atoms with Crippen LogP contribution in [0.3, 0.4) is 0 Å². The Morgan fingerprint density at radius 1 is 1.21 bits per heavy atom. The molecule has 10 nitrogen and oxygen atoms in total. The van der Waals surface area contributed by atoms with Crippen molar-refractivity contribution >= 4 is 17.8 Å². The Balaban J connectivity index is 2.02. The van der Waals surface area contributed by atoms with E-state index in [0.717, 1.165) is 5.56 Å². The van der Waals surface area contributed by atoms with Crippen molar-refractivity contribution in [2.45, 2.75) is 19.0 Å². The lowest BCUT2D eigenvalue weighted by atomic mass is 10.1. The molecule has 0 aliphatic rings. The summed E-state index contributed by atoms with van der Waals surface area (Å²) in [4.78, 5) is 44.4. The first kappa shape index (κ1) is 21.1. The molecule has 1 aromatic carbocycles. The van der Waals surface area contributed by atoms with E-state index in [2.05, 4.69) is 15.3 Å². The number of amides is 2. The van der Waals surface area contributed by atoms with Crippen molar-refractivity contribution in [2.24, 2.45) is 0 Å². The van der Waals surface area contributed by atoms with E-state index in [9.17, 15) is 14.4 Å². The fourth-order valence-corrected chi connectivity index (χ4v) is 2.64. The molecule has 2 aromatic rings. The van der Waals surface area contributed by atoms with Crippen LogP contribution in [0.2, 0.25) is 0 Å². The van der Waals surface area contributed by atoms with Gasteiger partial charge in [-0.15, -0.1) is 0 Å². The third-order valence-electron chi connectivity index (χ3n) is 3.90. The van der Waals surface area contributed by atoms with Gasteiger partial charge in [0.05, 0.1) is 32.2 Å². The number of hydrogen-bond donors (Lipinski definition) is 4. The van der Waals surface area contributed by atoms with Crippen LogP contribution in [0.5, 0.6) is 0 Å². The van der Waals surface area contributed by atoms with Crippen molar-refractivity contribution in [1.29, 1.82) is 0 Å². The average molecular weight is 389 g/mol. The maximum Gasteiger partial charge on any atom is 0.328 e. The Morgan fingerprint density at radius 2 is 1.93 bits per heavy atom. The first-order chi connectivity index (χ1) is 13.5. The van der Waals surface area contributed by atoms with Gasteiger partial charge in [0.25, 0.3) is 5.91 Å². The van der Waals surface area contributed by atoms with Gasteiger partial charge in [0, 0.05) is 19.2 Å². The highest BCUT2D eigenvalue weighted by molar-refractivity contribution is 5.86. The van der Waals surface area contributed by atoms with Crippen LogP contribution < -0.4 is 10.8 Å². The van der Waals surface area contributed by atoms with Gasteiger partial charge >= 0.3 is 5.97 Å². The number of aromatic amines is 1. The Labute approximate surface area is 161 Å². The first-order valence-corrected chi connectivity index (χ1v) is 8.56. The summed E-state index contributed by atoms with van der Waals surface area (Å²) in [5, 5.41) is 11.4. The zero-order valence-electron chi connectivity index (χ0n) is 15.4. The van der Waals surface area contributed by atoms with E-state index in [-0.39, 0.29) is 19.5 Å². The lowest BCUT2D eigenvalue weighted by molar-refractivity contribution is -0.145. The van der Waals surface area contributed by atoms with Crippen LogP contribution in [0.25, 0.3) is 0 Å². The third kappa shape index (κ3) is 6.82. The molecule has 4 N–H and O–H groups in total. The van der Waals surface area contributed by atoms with Gasteiger partial charge in [0.2, 0.25) is 5.91 Å². The number of benzene rings is 1. The van der Waals surface area contributed by atoms with Crippen molar-refractivity contribution in [3.8, 4) is 0 Å². The number of carbonyl (C=O) groups is 3. The Kier molecular flexibility index (Phi) is 8.12. The summed E-state index contributed by atoms with van der Waals surface area (Å²) < 4.78 is 4.74. The second kappa shape index (κ2) is 10.8. The molecule has 10 heteroatoms. The predicted molar refractivity (Wildman–Crippen MR) is 97.9 cm³/mol. The van der Waals surface area contributed by atoms with Gasteiger partial charge in [-0.2, -0.15) is 0 Å². The standard InChI is InChI=1S/C18H23N5O5/c1-28-18(26)15(7-14-8-19-12-20-14)21-16(24)10-23(11-17(25)22-27)9-13-5-3-2-4-6-13/h2-6,8,12,15,27H,7,9-11H2,1H3,(H,19,20)(H,21,24)(H,22,25). The quantitative estimate of drug-likeness (QED) is 0.247. The number of H-pyrrole nitrogens is 1. The van der Waals surface area contributed by atoms with E-state index in [4.69, 9.17) is 9.94 Å². The SMILES string of the molecule is COC(=O)C(Cc1c[nH]cn1)NC(=O)CN(CC(=O)NO)Cc1ccccc1. The van der Waals surface area contributed by atoms with Crippen LogP contribution in [0, 0.1) is 0 Å². The molecule has 0 fully saturated rings. The van der Waals surface area contributed by atoms with E-state index in [0.29, 0.717) is 12.2 Å². The van der Waals surface area contributed by atoms with Gasteiger partial charge in [-0.3, -0.25) is 19.7 Å². The van der Waals surface area contributed by atoms with E-state index in [1.54, 1.807) is 16.6 Å². The summed E-state index contributed by atoms with van der Waals surface area (Å²) >= 11 is 0. The number of aromatic nitrogens is 2. The van der Waals surface area contributed by atoms with Gasteiger partial charge in [-0.25, -0.2) is 15.3 Å². The minimum atomic E-state index is -0.911. The molecule has 0 spiro atoms. The van der Waals surface area contributed by atoms with E-state index >= 15 is 0 Å². The van der Waals surface area contributed by atoms with Crippen LogP contribution in [0.1, 0.15) is 11.3 Å². The van der Waals surface area contributed by atoms with Crippen LogP contribution >= 0.6 is 0 Å². The summed E-state index contributed by atoms with van der Waals surface area (Å²) in [5.74, 6) is -1.71. The predicted octanol–water partition coefficient (Wildman–Crippen LogP) is -0.382. The number of carbonyl (C=O) groups excluding carboxylic acids is 3. The number of nitrogens with zero attached hydrogens (tertiary/aromatic N) is 2. The number of hydrogen-bond acceptors (Lipinski definition) is 7. The molecule has 28 heavy (non-hydrogen) atoms. The lowest BCUT2D eigenvalue weighted by Crippen LogP contribution is -2.48. The number of methoxy groups -OCH3 is 1. The highest BCUT2D eigenvalue weighted by atomic mass is 16.5. The van der Waals surface area contributed by atoms with Gasteiger partial charge in [-0.05, 0) is 5.56 Å².